The van der Waals surface area contributed by atoms with Gasteiger partial charge in [-0.15, -0.1) is 0 Å². The van der Waals surface area contributed by atoms with Crippen LogP contribution in [0.4, 0.5) is 0 Å². The summed E-state index contributed by atoms with van der Waals surface area (Å²) in [4.78, 5) is 13.4. The Morgan fingerprint density at radius 1 is 1.44 bits per heavy atom. The first-order valence-electron chi connectivity index (χ1n) is 6.03. The molecule has 0 spiro atoms. The quantitative estimate of drug-likeness (QED) is 0.732. The molecule has 0 aliphatic carbocycles. The van der Waals surface area contributed by atoms with Crippen molar-refractivity contribution in [1.82, 2.24) is 4.90 Å². The van der Waals surface area contributed by atoms with E-state index in [2.05, 4.69) is 16.6 Å². The second-order valence-electron chi connectivity index (χ2n) is 4.74. The van der Waals surface area contributed by atoms with Crippen molar-refractivity contribution in [3.63, 3.8) is 0 Å². The molecule has 16 heavy (non-hydrogen) atoms. The van der Waals surface area contributed by atoms with E-state index in [1.807, 2.05) is 6.92 Å². The summed E-state index contributed by atoms with van der Waals surface area (Å²) >= 11 is 0. The van der Waals surface area contributed by atoms with E-state index in [-0.39, 0.29) is 18.1 Å². The number of hydrogen-bond donors (Lipinski definition) is 1. The van der Waals surface area contributed by atoms with Crippen LogP contribution in [-0.2, 0) is 9.53 Å². The van der Waals surface area contributed by atoms with E-state index in [0.29, 0.717) is 12.3 Å². The molecule has 2 unspecified atom stereocenters. The van der Waals surface area contributed by atoms with Crippen LogP contribution in [0.2, 0.25) is 0 Å². The van der Waals surface area contributed by atoms with Crippen molar-refractivity contribution in [2.24, 2.45) is 5.92 Å². The summed E-state index contributed by atoms with van der Waals surface area (Å²) < 4.78 is 4.67. The molecule has 4 heteroatoms. The van der Waals surface area contributed by atoms with Gasteiger partial charge in [-0.1, -0.05) is 0 Å². The number of esters is 1. The van der Waals surface area contributed by atoms with Crippen LogP contribution in [0.3, 0.4) is 0 Å². The highest BCUT2D eigenvalue weighted by Crippen LogP contribution is 2.22. The first-order chi connectivity index (χ1) is 7.54. The van der Waals surface area contributed by atoms with Gasteiger partial charge in [0.15, 0.2) is 0 Å². The number of hydrogen-bond acceptors (Lipinski definition) is 4. The topological polar surface area (TPSA) is 49.8 Å². The Hall–Kier alpha value is -0.610. The van der Waals surface area contributed by atoms with Crippen LogP contribution in [0.1, 0.15) is 33.1 Å². The Kier molecular flexibility index (Phi) is 5.22. The van der Waals surface area contributed by atoms with Crippen LogP contribution in [-0.4, -0.2) is 48.3 Å². The molecular formula is C12H23NO3. The van der Waals surface area contributed by atoms with Crippen LogP contribution >= 0.6 is 0 Å². The number of methoxy groups -OCH3 is 1. The normalized spacial score (nSPS) is 22.8. The molecule has 1 aliphatic rings. The zero-order chi connectivity index (χ0) is 12.1. The number of ether oxygens (including phenoxy) is 1. The summed E-state index contributed by atoms with van der Waals surface area (Å²) in [5.41, 5.74) is 0. The van der Waals surface area contributed by atoms with Crippen molar-refractivity contribution >= 4 is 5.97 Å². The molecule has 1 heterocycles. The van der Waals surface area contributed by atoms with Gasteiger partial charge in [0.05, 0.1) is 19.6 Å². The number of aliphatic hydroxyl groups is 1. The summed E-state index contributed by atoms with van der Waals surface area (Å²) in [6.45, 7) is 5.85. The summed E-state index contributed by atoms with van der Waals surface area (Å²) in [7, 11) is 1.43. The van der Waals surface area contributed by atoms with Crippen molar-refractivity contribution in [1.29, 1.82) is 0 Å². The van der Waals surface area contributed by atoms with Crippen LogP contribution < -0.4 is 0 Å². The van der Waals surface area contributed by atoms with Gasteiger partial charge in [-0.3, -0.25) is 4.79 Å². The Morgan fingerprint density at radius 2 is 2.00 bits per heavy atom. The number of rotatable bonds is 4. The zero-order valence-corrected chi connectivity index (χ0v) is 10.5. The number of nitrogens with zero attached hydrogens (tertiary/aromatic N) is 1. The maximum Gasteiger partial charge on any atom is 0.307 e. The first-order valence-corrected chi connectivity index (χ1v) is 6.03. The number of likely N-dealkylation sites (tertiary alicyclic amines) is 1. The van der Waals surface area contributed by atoms with Gasteiger partial charge in [0, 0.05) is 6.04 Å². The van der Waals surface area contributed by atoms with Crippen molar-refractivity contribution in [3.05, 3.63) is 0 Å². The third kappa shape index (κ3) is 3.76. The number of aliphatic hydroxyl groups excluding tert-OH is 1. The lowest BCUT2D eigenvalue weighted by molar-refractivity contribution is -0.142. The van der Waals surface area contributed by atoms with Gasteiger partial charge in [0.25, 0.3) is 0 Å². The molecule has 0 bridgehead atoms. The van der Waals surface area contributed by atoms with E-state index in [4.69, 9.17) is 0 Å². The van der Waals surface area contributed by atoms with Crippen LogP contribution in [0.25, 0.3) is 0 Å². The minimum Gasteiger partial charge on any atom is -0.469 e. The van der Waals surface area contributed by atoms with Crippen molar-refractivity contribution in [2.75, 3.05) is 20.2 Å². The second-order valence-corrected chi connectivity index (χ2v) is 4.74. The molecular weight excluding hydrogens is 206 g/mol. The molecule has 1 fully saturated rings. The molecule has 4 nitrogen and oxygen atoms in total. The van der Waals surface area contributed by atoms with E-state index in [1.54, 1.807) is 0 Å². The molecule has 0 aromatic rings. The molecule has 0 aromatic carbocycles. The van der Waals surface area contributed by atoms with Crippen molar-refractivity contribution in [3.8, 4) is 0 Å². The van der Waals surface area contributed by atoms with Crippen molar-refractivity contribution in [2.45, 2.75) is 45.3 Å². The van der Waals surface area contributed by atoms with Crippen LogP contribution in [0.5, 0.6) is 0 Å². The van der Waals surface area contributed by atoms with Gasteiger partial charge < -0.3 is 14.7 Å². The number of carbonyl (C=O) groups is 1. The largest absolute Gasteiger partial charge is 0.469 e. The molecule has 0 radical (unpaired) electrons. The van der Waals surface area contributed by atoms with E-state index < -0.39 is 0 Å². The Bertz CT molecular complexity index is 222. The fourth-order valence-corrected chi connectivity index (χ4v) is 2.30. The molecule has 0 amide bonds. The highest BCUT2D eigenvalue weighted by Gasteiger charge is 2.26. The number of carbonyl (C=O) groups excluding carboxylic acids is 1. The van der Waals surface area contributed by atoms with Crippen molar-refractivity contribution < 1.29 is 14.6 Å². The van der Waals surface area contributed by atoms with Gasteiger partial charge >= 0.3 is 5.97 Å². The Balaban J connectivity index is 2.32. The van der Waals surface area contributed by atoms with E-state index >= 15 is 0 Å². The maximum absolute atomic E-state index is 11.1. The fraction of sp³-hybridized carbons (Fsp3) is 0.917. The Morgan fingerprint density at radius 3 is 2.44 bits per heavy atom. The molecule has 1 rings (SSSR count). The average Bonchev–Trinajstić information content (AvgIpc) is 2.28. The van der Waals surface area contributed by atoms with Gasteiger partial charge in [-0.2, -0.15) is 0 Å². The molecule has 2 atom stereocenters. The number of piperidine rings is 1. The lowest BCUT2D eigenvalue weighted by Crippen LogP contribution is -2.42. The zero-order valence-electron chi connectivity index (χ0n) is 10.5. The van der Waals surface area contributed by atoms with Crippen LogP contribution in [0, 0.1) is 5.92 Å². The van der Waals surface area contributed by atoms with Gasteiger partial charge in [0.1, 0.15) is 0 Å². The first kappa shape index (κ1) is 13.5. The standard InChI is InChI=1S/C12H23NO3/c1-9(8-12(15)16-3)13-6-4-11(5-7-13)10(2)14/h9-11,14H,4-8H2,1-3H3. The summed E-state index contributed by atoms with van der Waals surface area (Å²) in [6, 6.07) is 0.238. The van der Waals surface area contributed by atoms with Crippen LogP contribution in [0.15, 0.2) is 0 Å². The molecule has 1 N–H and O–H groups in total. The van der Waals surface area contributed by atoms with E-state index in [9.17, 15) is 9.90 Å². The fourth-order valence-electron chi connectivity index (χ4n) is 2.30. The summed E-state index contributed by atoms with van der Waals surface area (Å²) in [5.74, 6) is 0.270. The predicted octanol–water partition coefficient (Wildman–Crippen LogP) is 1.03. The molecule has 0 aromatic heterocycles. The smallest absolute Gasteiger partial charge is 0.307 e. The molecule has 1 aliphatic heterocycles. The van der Waals surface area contributed by atoms with Gasteiger partial charge in [-0.05, 0) is 45.7 Å². The predicted molar refractivity (Wildman–Crippen MR) is 62.1 cm³/mol. The van der Waals surface area contributed by atoms with Gasteiger partial charge in [-0.25, -0.2) is 0 Å². The highest BCUT2D eigenvalue weighted by atomic mass is 16.5. The molecule has 94 valence electrons. The summed E-state index contributed by atoms with van der Waals surface area (Å²) in [5, 5.41) is 9.49. The lowest BCUT2D eigenvalue weighted by atomic mass is 9.91. The maximum atomic E-state index is 11.1. The Labute approximate surface area is 97.6 Å². The monoisotopic (exact) mass is 229 g/mol. The third-order valence-corrected chi connectivity index (χ3v) is 3.57. The van der Waals surface area contributed by atoms with E-state index in [1.165, 1.54) is 7.11 Å². The van der Waals surface area contributed by atoms with Gasteiger partial charge in [0.2, 0.25) is 0 Å². The highest BCUT2D eigenvalue weighted by molar-refractivity contribution is 5.69. The average molecular weight is 229 g/mol. The summed E-state index contributed by atoms with van der Waals surface area (Å²) in [6.07, 6.45) is 2.28. The SMILES string of the molecule is COC(=O)CC(C)N1CCC(C(C)O)CC1. The minimum atomic E-state index is -0.210. The molecule has 1 saturated heterocycles. The lowest BCUT2D eigenvalue weighted by Gasteiger charge is -2.36. The molecule has 0 saturated carbocycles. The van der Waals surface area contributed by atoms with E-state index in [0.717, 1.165) is 25.9 Å². The third-order valence-electron chi connectivity index (χ3n) is 3.57. The minimum absolute atomic E-state index is 0.148. The second kappa shape index (κ2) is 6.21.